The topological polar surface area (TPSA) is 88.3 Å². The van der Waals surface area contributed by atoms with E-state index in [0.29, 0.717) is 30.4 Å². The van der Waals surface area contributed by atoms with E-state index in [-0.39, 0.29) is 18.5 Å². The molecule has 31 heavy (non-hydrogen) atoms. The summed E-state index contributed by atoms with van der Waals surface area (Å²) < 4.78 is 13.5. The van der Waals surface area contributed by atoms with E-state index in [0.717, 1.165) is 35.7 Å². The smallest absolute Gasteiger partial charge is 0.240 e. The fraction of sp³-hybridized carbons (Fsp3) is 0.409. The number of nitrogens with one attached hydrogen (secondary N) is 2. The normalized spacial score (nSPS) is 15.7. The molecule has 4 rings (SSSR count). The molecule has 0 aliphatic carbocycles. The van der Waals surface area contributed by atoms with Gasteiger partial charge >= 0.3 is 0 Å². The van der Waals surface area contributed by atoms with E-state index in [1.165, 1.54) is 0 Å². The third-order valence-electron chi connectivity index (χ3n) is 5.44. The van der Waals surface area contributed by atoms with Gasteiger partial charge < -0.3 is 14.5 Å². The molecule has 1 saturated heterocycles. The number of carbonyl (C=O) groups excluding carboxylic acids is 1. The van der Waals surface area contributed by atoms with Crippen molar-refractivity contribution in [2.45, 2.75) is 26.4 Å². The molecule has 8 nitrogen and oxygen atoms in total. The lowest BCUT2D eigenvalue weighted by molar-refractivity contribution is -0.122. The molecule has 1 amide bonds. The highest BCUT2D eigenvalue weighted by Gasteiger charge is 2.26. The van der Waals surface area contributed by atoms with Crippen LogP contribution in [0.2, 0.25) is 0 Å². The third kappa shape index (κ3) is 5.12. The first-order valence-corrected chi connectivity index (χ1v) is 10.8. The maximum atomic E-state index is 12.8. The van der Waals surface area contributed by atoms with E-state index >= 15 is 0 Å². The fourth-order valence-corrected chi connectivity index (χ4v) is 3.93. The predicted molar refractivity (Wildman–Crippen MR) is 119 cm³/mol. The van der Waals surface area contributed by atoms with E-state index in [1.807, 2.05) is 50.2 Å². The number of aromatic nitrogens is 3. The van der Waals surface area contributed by atoms with E-state index in [1.54, 1.807) is 4.57 Å². The van der Waals surface area contributed by atoms with E-state index in [9.17, 15) is 4.79 Å². The Bertz CT molecular complexity index is 1080. The first kappa shape index (κ1) is 21.5. The molecule has 1 fully saturated rings. The summed E-state index contributed by atoms with van der Waals surface area (Å²) in [5.41, 5.74) is 2.06. The Hall–Kier alpha value is -2.75. The molecular formula is C22H27N5O3S. The van der Waals surface area contributed by atoms with Crippen LogP contribution in [0.5, 0.6) is 0 Å². The molecule has 1 aliphatic heterocycles. The number of nitrogens with zero attached hydrogens (tertiary/aromatic N) is 3. The van der Waals surface area contributed by atoms with Gasteiger partial charge in [0.25, 0.3) is 0 Å². The number of aryl methyl sites for hydroxylation is 2. The maximum Gasteiger partial charge on any atom is 0.240 e. The zero-order valence-corrected chi connectivity index (χ0v) is 18.6. The number of hydrogen-bond donors (Lipinski definition) is 2. The molecule has 1 unspecified atom stereocenters. The lowest BCUT2D eigenvalue weighted by atomic mass is 10.1. The second-order valence-electron chi connectivity index (χ2n) is 7.72. The standard InChI is InChI=1S/C22H27N5O3S/c1-15-3-6-17(7-4-15)21-24-25-22(31)27(21)14-20(28)23-13-18(19-8-5-16(2)30-19)26-9-11-29-12-10-26/h3-8,18H,9-14H2,1-2H3,(H,23,28)(H,25,31). The Balaban J connectivity index is 1.46. The summed E-state index contributed by atoms with van der Waals surface area (Å²) in [6, 6.07) is 11.8. The van der Waals surface area contributed by atoms with Crippen molar-refractivity contribution >= 4 is 18.1 Å². The van der Waals surface area contributed by atoms with Crippen LogP contribution in [0.3, 0.4) is 0 Å². The minimum absolute atomic E-state index is 0.0459. The third-order valence-corrected chi connectivity index (χ3v) is 5.75. The van der Waals surface area contributed by atoms with Crippen LogP contribution >= 0.6 is 12.2 Å². The zero-order chi connectivity index (χ0) is 21.8. The first-order valence-electron chi connectivity index (χ1n) is 10.4. The van der Waals surface area contributed by atoms with Crippen LogP contribution in [-0.2, 0) is 16.1 Å². The average Bonchev–Trinajstić information content (AvgIpc) is 3.36. The van der Waals surface area contributed by atoms with Crippen LogP contribution in [0.25, 0.3) is 11.4 Å². The van der Waals surface area contributed by atoms with Crippen LogP contribution in [0.4, 0.5) is 0 Å². The zero-order valence-electron chi connectivity index (χ0n) is 17.8. The van der Waals surface area contributed by atoms with Gasteiger partial charge in [0.15, 0.2) is 10.6 Å². The van der Waals surface area contributed by atoms with Crippen molar-refractivity contribution in [1.82, 2.24) is 25.0 Å². The molecule has 0 spiro atoms. The predicted octanol–water partition coefficient (Wildman–Crippen LogP) is 3.01. The SMILES string of the molecule is Cc1ccc(-c2n[nH]c(=S)n2CC(=O)NCC(c2ccc(C)o2)N2CCOCC2)cc1. The summed E-state index contributed by atoms with van der Waals surface area (Å²) in [4.78, 5) is 15.1. The van der Waals surface area contributed by atoms with Gasteiger partial charge in [0.05, 0.1) is 19.3 Å². The summed E-state index contributed by atoms with van der Waals surface area (Å²) >= 11 is 5.36. The van der Waals surface area contributed by atoms with Crippen LogP contribution in [-0.4, -0.2) is 58.4 Å². The molecule has 3 heterocycles. The number of aromatic amines is 1. The monoisotopic (exact) mass is 441 g/mol. The molecule has 164 valence electrons. The summed E-state index contributed by atoms with van der Waals surface area (Å²) in [6.45, 7) is 7.42. The number of amides is 1. The first-order chi connectivity index (χ1) is 15.0. The largest absolute Gasteiger partial charge is 0.465 e. The van der Waals surface area contributed by atoms with Gasteiger partial charge in [0.1, 0.15) is 18.1 Å². The second-order valence-corrected chi connectivity index (χ2v) is 8.11. The molecular weight excluding hydrogens is 414 g/mol. The van der Waals surface area contributed by atoms with Gasteiger partial charge in [-0.25, -0.2) is 0 Å². The summed E-state index contributed by atoms with van der Waals surface area (Å²) in [5, 5.41) is 10.2. The van der Waals surface area contributed by atoms with Crippen LogP contribution in [0.1, 0.15) is 23.1 Å². The number of furan rings is 1. The second kappa shape index (κ2) is 9.59. The van der Waals surface area contributed by atoms with Crippen LogP contribution in [0.15, 0.2) is 40.8 Å². The minimum Gasteiger partial charge on any atom is -0.465 e. The number of benzene rings is 1. The Morgan fingerprint density at radius 2 is 1.94 bits per heavy atom. The molecule has 1 aromatic carbocycles. The summed E-state index contributed by atoms with van der Waals surface area (Å²) in [7, 11) is 0. The molecule has 1 atom stereocenters. The quantitative estimate of drug-likeness (QED) is 0.548. The van der Waals surface area contributed by atoms with Crippen molar-refractivity contribution in [3.8, 4) is 11.4 Å². The van der Waals surface area contributed by atoms with Gasteiger partial charge in [-0.1, -0.05) is 29.8 Å². The molecule has 3 aromatic rings. The van der Waals surface area contributed by atoms with Crippen molar-refractivity contribution in [2.75, 3.05) is 32.8 Å². The highest BCUT2D eigenvalue weighted by Crippen LogP contribution is 2.23. The molecule has 1 aliphatic rings. The van der Waals surface area contributed by atoms with Crippen molar-refractivity contribution in [3.05, 3.63) is 58.3 Å². The van der Waals surface area contributed by atoms with Crippen LogP contribution in [0, 0.1) is 18.6 Å². The molecule has 0 bridgehead atoms. The number of morpholine rings is 1. The van der Waals surface area contributed by atoms with Gasteiger partial charge in [-0.3, -0.25) is 19.4 Å². The Morgan fingerprint density at radius 3 is 2.61 bits per heavy atom. The fourth-order valence-electron chi connectivity index (χ4n) is 3.73. The van der Waals surface area contributed by atoms with Crippen molar-refractivity contribution in [1.29, 1.82) is 0 Å². The Labute approximate surface area is 186 Å². The van der Waals surface area contributed by atoms with Gasteiger partial charge in [0.2, 0.25) is 5.91 Å². The number of carbonyl (C=O) groups is 1. The molecule has 9 heteroatoms. The molecule has 0 radical (unpaired) electrons. The van der Waals surface area contributed by atoms with E-state index in [2.05, 4.69) is 20.4 Å². The average molecular weight is 442 g/mol. The maximum absolute atomic E-state index is 12.8. The van der Waals surface area contributed by atoms with E-state index in [4.69, 9.17) is 21.4 Å². The van der Waals surface area contributed by atoms with Gasteiger partial charge in [-0.2, -0.15) is 5.10 Å². The number of hydrogen-bond acceptors (Lipinski definition) is 6. The van der Waals surface area contributed by atoms with E-state index < -0.39 is 0 Å². The number of ether oxygens (including phenoxy) is 1. The van der Waals surface area contributed by atoms with Crippen LogP contribution < -0.4 is 5.32 Å². The van der Waals surface area contributed by atoms with Gasteiger partial charge in [-0.15, -0.1) is 0 Å². The molecule has 2 N–H and O–H groups in total. The summed E-state index contributed by atoms with van der Waals surface area (Å²) in [6.07, 6.45) is 0. The van der Waals surface area contributed by atoms with Crippen molar-refractivity contribution < 1.29 is 13.9 Å². The molecule has 2 aromatic heterocycles. The highest BCUT2D eigenvalue weighted by atomic mass is 32.1. The summed E-state index contributed by atoms with van der Waals surface area (Å²) in [5.74, 6) is 2.21. The highest BCUT2D eigenvalue weighted by molar-refractivity contribution is 7.71. The lowest BCUT2D eigenvalue weighted by Gasteiger charge is -2.33. The lowest BCUT2D eigenvalue weighted by Crippen LogP contribution is -2.44. The van der Waals surface area contributed by atoms with Crippen molar-refractivity contribution in [3.63, 3.8) is 0 Å². The van der Waals surface area contributed by atoms with Gasteiger partial charge in [0, 0.05) is 25.2 Å². The van der Waals surface area contributed by atoms with Crippen molar-refractivity contribution in [2.24, 2.45) is 0 Å². The molecule has 0 saturated carbocycles. The Kier molecular flexibility index (Phi) is 6.64. The number of rotatable bonds is 7. The minimum atomic E-state index is -0.132. The Morgan fingerprint density at radius 1 is 1.19 bits per heavy atom. The van der Waals surface area contributed by atoms with Gasteiger partial charge in [-0.05, 0) is 38.2 Å². The number of H-pyrrole nitrogens is 1.